The number of aryl methyl sites for hydroxylation is 1. The fraction of sp³-hybridized carbons (Fsp3) is 0.375. The molecular weight excluding hydrogens is 360 g/mol. The average Bonchev–Trinajstić information content (AvgIpc) is 2.75. The Morgan fingerprint density at radius 2 is 1.59 bits per heavy atom. The van der Waals surface area contributed by atoms with Gasteiger partial charge in [-0.25, -0.2) is 0 Å². The molecule has 3 N–H and O–H groups in total. The first-order valence-electron chi connectivity index (χ1n) is 10.3. The maximum absolute atomic E-state index is 6.37. The third-order valence-corrected chi connectivity index (χ3v) is 5.37. The molecule has 3 rings (SSSR count). The molecule has 0 radical (unpaired) electrons. The summed E-state index contributed by atoms with van der Waals surface area (Å²) in [6.45, 7) is 6.35. The van der Waals surface area contributed by atoms with E-state index in [2.05, 4.69) is 60.1 Å². The molecule has 154 valence electrons. The molecule has 1 heterocycles. The summed E-state index contributed by atoms with van der Waals surface area (Å²) in [5.74, 6) is 0.909. The molecule has 29 heavy (non-hydrogen) atoms. The fourth-order valence-electron chi connectivity index (χ4n) is 3.74. The second kappa shape index (κ2) is 9.03. The fourth-order valence-corrected chi connectivity index (χ4v) is 3.74. The van der Waals surface area contributed by atoms with Crippen molar-refractivity contribution in [2.24, 2.45) is 0 Å². The standard InChI is InChI=1S/C24H32N4O/c1-7-17(8-2)29-22-12-15(3)28-24-18(22)10-9-11-19(24)23-20(26-5)13-16(25-4)14-21(23)27-6/h9-14,17,25-27H,7-8H2,1-6H3. The van der Waals surface area contributed by atoms with E-state index < -0.39 is 0 Å². The number of para-hydroxylation sites is 1. The first kappa shape index (κ1) is 20.8. The Labute approximate surface area is 173 Å². The van der Waals surface area contributed by atoms with Crippen LogP contribution in [-0.2, 0) is 0 Å². The van der Waals surface area contributed by atoms with Crippen LogP contribution in [0.3, 0.4) is 0 Å². The summed E-state index contributed by atoms with van der Waals surface area (Å²) in [5.41, 5.74) is 7.22. The summed E-state index contributed by atoms with van der Waals surface area (Å²) in [7, 11) is 5.82. The van der Waals surface area contributed by atoms with Gasteiger partial charge in [0.05, 0.1) is 11.6 Å². The van der Waals surface area contributed by atoms with Gasteiger partial charge in [0.25, 0.3) is 0 Å². The van der Waals surface area contributed by atoms with Gasteiger partial charge in [0.15, 0.2) is 0 Å². The minimum atomic E-state index is 0.208. The van der Waals surface area contributed by atoms with Crippen LogP contribution in [0, 0.1) is 6.92 Å². The van der Waals surface area contributed by atoms with E-state index in [1.165, 1.54) is 0 Å². The Bertz CT molecular complexity index is 971. The topological polar surface area (TPSA) is 58.2 Å². The minimum absolute atomic E-state index is 0.208. The molecule has 0 amide bonds. The largest absolute Gasteiger partial charge is 0.490 e. The van der Waals surface area contributed by atoms with Gasteiger partial charge in [-0.1, -0.05) is 26.0 Å². The van der Waals surface area contributed by atoms with Crippen LogP contribution < -0.4 is 20.7 Å². The molecule has 0 aliphatic carbocycles. The lowest BCUT2D eigenvalue weighted by Crippen LogP contribution is -2.14. The van der Waals surface area contributed by atoms with Crippen molar-refractivity contribution in [1.29, 1.82) is 0 Å². The van der Waals surface area contributed by atoms with Crippen molar-refractivity contribution in [3.63, 3.8) is 0 Å². The Hall–Kier alpha value is -2.95. The van der Waals surface area contributed by atoms with Crippen LogP contribution in [0.1, 0.15) is 32.4 Å². The second-order valence-corrected chi connectivity index (χ2v) is 7.22. The van der Waals surface area contributed by atoms with Crippen LogP contribution in [0.4, 0.5) is 17.1 Å². The molecule has 0 aliphatic rings. The number of nitrogens with one attached hydrogen (secondary N) is 3. The molecule has 1 aromatic heterocycles. The summed E-state index contributed by atoms with van der Waals surface area (Å²) in [6.07, 6.45) is 2.18. The Morgan fingerprint density at radius 1 is 0.931 bits per heavy atom. The van der Waals surface area contributed by atoms with E-state index in [0.717, 1.165) is 63.4 Å². The predicted molar refractivity (Wildman–Crippen MR) is 126 cm³/mol. The monoisotopic (exact) mass is 392 g/mol. The van der Waals surface area contributed by atoms with Gasteiger partial charge in [0.2, 0.25) is 0 Å². The van der Waals surface area contributed by atoms with Gasteiger partial charge in [0.1, 0.15) is 5.75 Å². The number of hydrogen-bond donors (Lipinski definition) is 3. The molecule has 2 aromatic carbocycles. The molecule has 0 saturated carbocycles. The highest BCUT2D eigenvalue weighted by Gasteiger charge is 2.18. The number of ether oxygens (including phenoxy) is 1. The first-order valence-corrected chi connectivity index (χ1v) is 10.3. The molecule has 0 spiro atoms. The highest BCUT2D eigenvalue weighted by molar-refractivity contribution is 6.04. The Morgan fingerprint density at radius 3 is 2.14 bits per heavy atom. The zero-order chi connectivity index (χ0) is 21.0. The molecule has 0 bridgehead atoms. The van der Waals surface area contributed by atoms with E-state index in [1.54, 1.807) is 0 Å². The third-order valence-electron chi connectivity index (χ3n) is 5.37. The zero-order valence-corrected chi connectivity index (χ0v) is 18.3. The number of rotatable bonds is 8. The summed E-state index contributed by atoms with van der Waals surface area (Å²) in [6, 6.07) is 12.6. The zero-order valence-electron chi connectivity index (χ0n) is 18.3. The third kappa shape index (κ3) is 4.09. The first-order chi connectivity index (χ1) is 14.1. The molecule has 0 saturated heterocycles. The van der Waals surface area contributed by atoms with Crippen LogP contribution in [0.15, 0.2) is 36.4 Å². The predicted octanol–water partition coefficient (Wildman–Crippen LogP) is 5.90. The molecule has 5 nitrogen and oxygen atoms in total. The van der Waals surface area contributed by atoms with Gasteiger partial charge in [-0.05, 0) is 38.0 Å². The van der Waals surface area contributed by atoms with E-state index in [4.69, 9.17) is 9.72 Å². The number of nitrogens with zero attached hydrogens (tertiary/aromatic N) is 1. The number of fused-ring (bicyclic) bond motifs is 1. The minimum Gasteiger partial charge on any atom is -0.490 e. The van der Waals surface area contributed by atoms with Crippen molar-refractivity contribution < 1.29 is 4.74 Å². The average molecular weight is 393 g/mol. The normalized spacial score (nSPS) is 11.0. The highest BCUT2D eigenvalue weighted by atomic mass is 16.5. The van der Waals surface area contributed by atoms with E-state index in [-0.39, 0.29) is 6.10 Å². The van der Waals surface area contributed by atoms with Crippen molar-refractivity contribution in [3.8, 4) is 16.9 Å². The lowest BCUT2D eigenvalue weighted by Gasteiger charge is -2.20. The summed E-state index contributed by atoms with van der Waals surface area (Å²) >= 11 is 0. The van der Waals surface area contributed by atoms with E-state index in [0.29, 0.717) is 0 Å². The van der Waals surface area contributed by atoms with Crippen LogP contribution >= 0.6 is 0 Å². The van der Waals surface area contributed by atoms with Gasteiger partial charge >= 0.3 is 0 Å². The summed E-state index contributed by atoms with van der Waals surface area (Å²) < 4.78 is 6.37. The van der Waals surface area contributed by atoms with Crippen molar-refractivity contribution in [3.05, 3.63) is 42.1 Å². The van der Waals surface area contributed by atoms with Crippen molar-refractivity contribution >= 4 is 28.0 Å². The molecule has 5 heteroatoms. The lowest BCUT2D eigenvalue weighted by atomic mass is 9.97. The second-order valence-electron chi connectivity index (χ2n) is 7.22. The molecule has 0 fully saturated rings. The van der Waals surface area contributed by atoms with E-state index in [9.17, 15) is 0 Å². The van der Waals surface area contributed by atoms with E-state index >= 15 is 0 Å². The quantitative estimate of drug-likeness (QED) is 0.445. The van der Waals surface area contributed by atoms with Gasteiger partial charge in [-0.15, -0.1) is 0 Å². The Balaban J connectivity index is 2.28. The van der Waals surface area contributed by atoms with Crippen molar-refractivity contribution in [1.82, 2.24) is 4.98 Å². The lowest BCUT2D eigenvalue weighted by molar-refractivity contribution is 0.195. The maximum Gasteiger partial charge on any atom is 0.130 e. The molecule has 0 atom stereocenters. The molecule has 3 aromatic rings. The number of pyridine rings is 1. The van der Waals surface area contributed by atoms with E-state index in [1.807, 2.05) is 34.1 Å². The van der Waals surface area contributed by atoms with Gasteiger partial charge < -0.3 is 20.7 Å². The summed E-state index contributed by atoms with van der Waals surface area (Å²) in [4.78, 5) is 4.91. The maximum atomic E-state index is 6.37. The van der Waals surface area contributed by atoms with Crippen molar-refractivity contribution in [2.75, 3.05) is 37.1 Å². The van der Waals surface area contributed by atoms with Gasteiger partial charge in [-0.3, -0.25) is 4.98 Å². The SMILES string of the molecule is CCC(CC)Oc1cc(C)nc2c(-c3c(NC)cc(NC)cc3NC)cccc12. The van der Waals surface area contributed by atoms with Crippen LogP contribution in [0.2, 0.25) is 0 Å². The van der Waals surface area contributed by atoms with Gasteiger partial charge in [0, 0.05) is 66.5 Å². The number of anilines is 3. The molecular formula is C24H32N4O. The van der Waals surface area contributed by atoms with Crippen LogP contribution in [0.5, 0.6) is 5.75 Å². The van der Waals surface area contributed by atoms with Crippen LogP contribution in [0.25, 0.3) is 22.0 Å². The Kier molecular flexibility index (Phi) is 6.47. The molecule has 0 aliphatic heterocycles. The summed E-state index contributed by atoms with van der Waals surface area (Å²) in [5, 5.41) is 11.0. The van der Waals surface area contributed by atoms with Crippen LogP contribution in [-0.4, -0.2) is 32.2 Å². The molecule has 0 unspecified atom stereocenters. The smallest absolute Gasteiger partial charge is 0.130 e. The number of hydrogen-bond acceptors (Lipinski definition) is 5. The van der Waals surface area contributed by atoms with Crippen molar-refractivity contribution in [2.45, 2.75) is 39.7 Å². The number of aromatic nitrogens is 1. The number of benzene rings is 2. The highest BCUT2D eigenvalue weighted by Crippen LogP contribution is 2.42. The van der Waals surface area contributed by atoms with Gasteiger partial charge in [-0.2, -0.15) is 0 Å².